The van der Waals surface area contributed by atoms with Crippen LogP contribution in [0.3, 0.4) is 0 Å². The maximum absolute atomic E-state index is 13.5. The van der Waals surface area contributed by atoms with Crippen molar-refractivity contribution < 1.29 is 19.1 Å². The van der Waals surface area contributed by atoms with Gasteiger partial charge in [-0.15, -0.1) is 0 Å². The molecule has 0 unspecified atom stereocenters. The summed E-state index contributed by atoms with van der Waals surface area (Å²) >= 11 is 0. The van der Waals surface area contributed by atoms with Crippen LogP contribution in [0.15, 0.2) is 103 Å². The molecule has 4 aliphatic carbocycles. The minimum atomic E-state index is -0.315. The Balaban J connectivity index is 0.971. The van der Waals surface area contributed by atoms with E-state index in [0.29, 0.717) is 34.5 Å². The maximum atomic E-state index is 13.5. The molecule has 4 aromatic carbocycles. The van der Waals surface area contributed by atoms with Crippen LogP contribution in [0.25, 0.3) is 10.8 Å². The Labute approximate surface area is 231 Å². The van der Waals surface area contributed by atoms with Crippen LogP contribution in [0.5, 0.6) is 11.5 Å². The lowest BCUT2D eigenvalue weighted by atomic mass is 9.63. The van der Waals surface area contributed by atoms with E-state index in [-0.39, 0.29) is 41.4 Å². The Hall–Kier alpha value is -4.71. The lowest BCUT2D eigenvalue weighted by molar-refractivity contribution is -0.124. The smallest absolute Gasteiger partial charge is 0.255 e. The molecule has 0 radical (unpaired) electrons. The highest BCUT2D eigenvalue weighted by Gasteiger charge is 2.67. The number of hydrogen-bond donors (Lipinski definition) is 1. The minimum Gasteiger partial charge on any atom is -0.457 e. The van der Waals surface area contributed by atoms with E-state index in [4.69, 9.17) is 4.74 Å². The van der Waals surface area contributed by atoms with Gasteiger partial charge in [0.1, 0.15) is 11.5 Å². The zero-order valence-corrected chi connectivity index (χ0v) is 21.6. The first-order valence-corrected chi connectivity index (χ1v) is 13.8. The molecule has 6 atom stereocenters. The number of allylic oxidation sites excluding steroid dienone is 2. The van der Waals surface area contributed by atoms with Gasteiger partial charge in [0.2, 0.25) is 11.8 Å². The van der Waals surface area contributed by atoms with E-state index in [1.54, 1.807) is 48.5 Å². The van der Waals surface area contributed by atoms with Gasteiger partial charge >= 0.3 is 0 Å². The Morgan fingerprint density at radius 3 is 2.12 bits per heavy atom. The monoisotopic (exact) mass is 526 g/mol. The zero-order chi connectivity index (χ0) is 27.0. The number of ether oxygens (including phenoxy) is 1. The fraction of sp³-hybridized carbons (Fsp3) is 0.206. The van der Waals surface area contributed by atoms with Gasteiger partial charge in [0.25, 0.3) is 5.91 Å². The Bertz CT molecular complexity index is 1710. The predicted molar refractivity (Wildman–Crippen MR) is 152 cm³/mol. The van der Waals surface area contributed by atoms with Crippen molar-refractivity contribution in [2.24, 2.45) is 35.5 Å². The summed E-state index contributed by atoms with van der Waals surface area (Å²) in [6.07, 6.45) is 5.45. The van der Waals surface area contributed by atoms with Crippen molar-refractivity contribution in [1.82, 2.24) is 0 Å². The van der Waals surface area contributed by atoms with Crippen LogP contribution in [0.1, 0.15) is 16.8 Å². The predicted octanol–water partition coefficient (Wildman–Crippen LogP) is 6.44. The summed E-state index contributed by atoms with van der Waals surface area (Å²) in [6, 6.07) is 28.0. The van der Waals surface area contributed by atoms with Crippen LogP contribution >= 0.6 is 0 Å². The van der Waals surface area contributed by atoms with Crippen molar-refractivity contribution in [3.63, 3.8) is 0 Å². The highest BCUT2D eigenvalue weighted by Crippen LogP contribution is 2.65. The Morgan fingerprint density at radius 2 is 1.40 bits per heavy atom. The summed E-state index contributed by atoms with van der Waals surface area (Å²) in [7, 11) is 0. The van der Waals surface area contributed by atoms with Crippen molar-refractivity contribution in [1.29, 1.82) is 0 Å². The maximum Gasteiger partial charge on any atom is 0.255 e. The summed E-state index contributed by atoms with van der Waals surface area (Å²) in [4.78, 5) is 41.4. The number of carbonyl (C=O) groups excluding carboxylic acids is 3. The number of imide groups is 1. The highest BCUT2D eigenvalue weighted by molar-refractivity contribution is 6.23. The van der Waals surface area contributed by atoms with Gasteiger partial charge in [-0.2, -0.15) is 0 Å². The van der Waals surface area contributed by atoms with Crippen molar-refractivity contribution in [3.8, 4) is 11.5 Å². The molecule has 196 valence electrons. The van der Waals surface area contributed by atoms with Gasteiger partial charge in [-0.25, -0.2) is 4.90 Å². The molecule has 40 heavy (non-hydrogen) atoms. The third kappa shape index (κ3) is 3.59. The second kappa shape index (κ2) is 8.65. The van der Waals surface area contributed by atoms with Gasteiger partial charge in [0.05, 0.1) is 17.5 Å². The lowest BCUT2D eigenvalue weighted by Crippen LogP contribution is -2.40. The number of rotatable bonds is 5. The van der Waals surface area contributed by atoms with E-state index in [2.05, 4.69) is 23.5 Å². The van der Waals surface area contributed by atoms with Gasteiger partial charge in [0.15, 0.2) is 0 Å². The van der Waals surface area contributed by atoms with Crippen LogP contribution in [-0.4, -0.2) is 17.7 Å². The molecule has 9 rings (SSSR count). The van der Waals surface area contributed by atoms with E-state index in [0.717, 1.165) is 22.9 Å². The first-order chi connectivity index (χ1) is 19.5. The Kier molecular flexibility index (Phi) is 5.02. The summed E-state index contributed by atoms with van der Waals surface area (Å²) < 4.78 is 6.01. The Morgan fingerprint density at radius 1 is 0.725 bits per heavy atom. The normalized spacial score (nSPS) is 27.4. The number of hydrogen-bond acceptors (Lipinski definition) is 4. The van der Waals surface area contributed by atoms with Gasteiger partial charge in [-0.1, -0.05) is 48.6 Å². The second-order valence-corrected chi connectivity index (χ2v) is 11.3. The molecule has 5 aliphatic rings. The molecule has 4 aromatic rings. The van der Waals surface area contributed by atoms with Crippen molar-refractivity contribution in [2.75, 3.05) is 10.2 Å². The molecule has 3 fully saturated rings. The standard InChI is InChI=1S/C34H26N2O4/c37-32(35-22-9-12-24(13-10-22)40-25-11-8-19-4-1-2-5-20(19)17-25)21-6-3-7-23(16-21)36-33(38)30-26-14-15-27(29-18-28(26)29)31(30)34(36)39/h1-17,26-31H,18H2,(H,35,37)/t26-,27-,28-,29+,30+,31+/m0/s1. The van der Waals surface area contributed by atoms with E-state index in [9.17, 15) is 14.4 Å². The lowest BCUT2D eigenvalue weighted by Gasteiger charge is -2.37. The number of benzene rings is 4. The molecule has 6 heteroatoms. The topological polar surface area (TPSA) is 75.7 Å². The van der Waals surface area contributed by atoms with Crippen molar-refractivity contribution in [3.05, 3.63) is 109 Å². The van der Waals surface area contributed by atoms with Crippen LogP contribution in [0, 0.1) is 35.5 Å². The number of carbonyl (C=O) groups is 3. The number of amides is 3. The largest absolute Gasteiger partial charge is 0.457 e. The molecule has 1 saturated heterocycles. The van der Waals surface area contributed by atoms with Gasteiger partial charge < -0.3 is 10.1 Å². The van der Waals surface area contributed by atoms with Crippen LogP contribution < -0.4 is 15.0 Å². The van der Waals surface area contributed by atoms with Crippen molar-refractivity contribution >= 4 is 39.9 Å². The number of nitrogens with one attached hydrogen (secondary N) is 1. The second-order valence-electron chi connectivity index (χ2n) is 11.3. The zero-order valence-electron chi connectivity index (χ0n) is 21.6. The molecule has 2 bridgehead atoms. The van der Waals surface area contributed by atoms with Crippen LogP contribution in [-0.2, 0) is 9.59 Å². The molecule has 6 nitrogen and oxygen atoms in total. The van der Waals surface area contributed by atoms with Crippen LogP contribution in [0.2, 0.25) is 0 Å². The molecule has 0 spiro atoms. The molecular weight excluding hydrogens is 500 g/mol. The van der Waals surface area contributed by atoms with E-state index in [1.807, 2.05) is 36.4 Å². The first-order valence-electron chi connectivity index (χ1n) is 13.8. The molecule has 2 saturated carbocycles. The molecule has 0 aromatic heterocycles. The van der Waals surface area contributed by atoms with Gasteiger partial charge in [0, 0.05) is 11.3 Å². The van der Waals surface area contributed by atoms with Crippen LogP contribution in [0.4, 0.5) is 11.4 Å². The van der Waals surface area contributed by atoms with E-state index in [1.165, 1.54) is 4.90 Å². The fourth-order valence-electron chi connectivity index (χ4n) is 7.17. The summed E-state index contributed by atoms with van der Waals surface area (Å²) in [5, 5.41) is 5.15. The SMILES string of the molecule is O=C(Nc1ccc(Oc2ccc3ccccc3c2)cc1)c1cccc(N2C(=O)[C@@H]3[C@H]4C=C[C@@H]([C@@H]5C[C@H]45)[C@H]3C2=O)c1. The molecule has 1 N–H and O–H groups in total. The first kappa shape index (κ1) is 23.2. The molecular formula is C34H26N2O4. The van der Waals surface area contributed by atoms with Gasteiger partial charge in [-0.3, -0.25) is 14.4 Å². The number of anilines is 2. The molecule has 3 amide bonds. The summed E-state index contributed by atoms with van der Waals surface area (Å²) in [5.74, 6) is 1.73. The quantitative estimate of drug-likeness (QED) is 0.240. The molecule has 1 aliphatic heterocycles. The highest BCUT2D eigenvalue weighted by atomic mass is 16.5. The van der Waals surface area contributed by atoms with E-state index >= 15 is 0 Å². The average molecular weight is 527 g/mol. The van der Waals surface area contributed by atoms with Crippen molar-refractivity contribution in [2.45, 2.75) is 6.42 Å². The number of fused-ring (bicyclic) bond motifs is 1. The summed E-state index contributed by atoms with van der Waals surface area (Å²) in [5.41, 5.74) is 1.46. The fourth-order valence-corrected chi connectivity index (χ4v) is 7.17. The average Bonchev–Trinajstić information content (AvgIpc) is 3.76. The molecule has 1 heterocycles. The van der Waals surface area contributed by atoms with E-state index < -0.39 is 0 Å². The number of nitrogens with zero attached hydrogens (tertiary/aromatic N) is 1. The summed E-state index contributed by atoms with van der Waals surface area (Å²) in [6.45, 7) is 0. The third-order valence-electron chi connectivity index (χ3n) is 9.10. The minimum absolute atomic E-state index is 0.126. The third-order valence-corrected chi connectivity index (χ3v) is 9.10. The van der Waals surface area contributed by atoms with Gasteiger partial charge in [-0.05, 0) is 95.5 Å².